The summed E-state index contributed by atoms with van der Waals surface area (Å²) >= 11 is 0. The fourth-order valence-corrected chi connectivity index (χ4v) is 3.72. The maximum atomic E-state index is 11.1. The predicted molar refractivity (Wildman–Crippen MR) is 108 cm³/mol. The minimum atomic E-state index is -0.0846. The van der Waals surface area contributed by atoms with Gasteiger partial charge in [-0.15, -0.1) is 0 Å². The Morgan fingerprint density at radius 2 is 1.16 bits per heavy atom. The van der Waals surface area contributed by atoms with Gasteiger partial charge in [-0.1, -0.05) is 80.1 Å². The number of rotatable bonds is 11. The van der Waals surface area contributed by atoms with Gasteiger partial charge in [0.25, 0.3) is 0 Å². The molecule has 0 radical (unpaired) electrons. The lowest BCUT2D eigenvalue weighted by Crippen LogP contribution is -2.22. The van der Waals surface area contributed by atoms with Gasteiger partial charge in [0.15, 0.2) is 0 Å². The average molecular weight is 349 g/mol. The van der Waals surface area contributed by atoms with Crippen LogP contribution in [0.1, 0.15) is 110 Å². The summed E-state index contributed by atoms with van der Waals surface area (Å²) in [6.45, 7) is 13.3. The standard InChI is InChI=1S/C23H40O2/c1-7-9-11-13-22(3,4)19-15-18(17-24)16-20(21(19)25)23(5,6)14-12-10-8-2/h15-16,24-25H,7-14,17H2,1-6H3. The molecule has 2 heteroatoms. The van der Waals surface area contributed by atoms with E-state index in [1.165, 1.54) is 38.5 Å². The highest BCUT2D eigenvalue weighted by Gasteiger charge is 2.30. The van der Waals surface area contributed by atoms with Gasteiger partial charge in [-0.2, -0.15) is 0 Å². The average Bonchev–Trinajstić information content (AvgIpc) is 2.55. The SMILES string of the molecule is CCCCCC(C)(C)c1cc(CO)cc(C(C)(C)CCCCC)c1O. The Morgan fingerprint density at radius 1 is 0.760 bits per heavy atom. The molecule has 25 heavy (non-hydrogen) atoms. The van der Waals surface area contributed by atoms with Crippen molar-refractivity contribution < 1.29 is 10.2 Å². The van der Waals surface area contributed by atoms with E-state index in [4.69, 9.17) is 0 Å². The van der Waals surface area contributed by atoms with Gasteiger partial charge in [0.2, 0.25) is 0 Å². The first kappa shape index (κ1) is 22.0. The summed E-state index contributed by atoms with van der Waals surface area (Å²) in [5.41, 5.74) is 2.73. The third kappa shape index (κ3) is 6.02. The maximum absolute atomic E-state index is 11.1. The first-order chi connectivity index (χ1) is 11.7. The fraction of sp³-hybridized carbons (Fsp3) is 0.739. The molecule has 1 aromatic rings. The van der Waals surface area contributed by atoms with Gasteiger partial charge in [0.1, 0.15) is 5.75 Å². The van der Waals surface area contributed by atoms with Crippen LogP contribution in [0.25, 0.3) is 0 Å². The minimum Gasteiger partial charge on any atom is -0.507 e. The van der Waals surface area contributed by atoms with Crippen molar-refractivity contribution >= 4 is 0 Å². The molecule has 2 N–H and O–H groups in total. The smallest absolute Gasteiger partial charge is 0.123 e. The molecule has 0 unspecified atom stereocenters. The van der Waals surface area contributed by atoms with Crippen molar-refractivity contribution in [3.8, 4) is 5.75 Å². The van der Waals surface area contributed by atoms with Gasteiger partial charge in [-0.3, -0.25) is 0 Å². The van der Waals surface area contributed by atoms with Crippen LogP contribution >= 0.6 is 0 Å². The Labute approximate surface area is 155 Å². The van der Waals surface area contributed by atoms with E-state index in [1.54, 1.807) is 0 Å². The highest BCUT2D eigenvalue weighted by atomic mass is 16.3. The molecule has 0 atom stereocenters. The quantitative estimate of drug-likeness (QED) is 0.442. The summed E-state index contributed by atoms with van der Waals surface area (Å²) in [6, 6.07) is 4.01. The Morgan fingerprint density at radius 3 is 1.48 bits per heavy atom. The van der Waals surface area contributed by atoms with E-state index in [-0.39, 0.29) is 17.4 Å². The van der Waals surface area contributed by atoms with Crippen molar-refractivity contribution in [2.24, 2.45) is 0 Å². The van der Waals surface area contributed by atoms with Crippen LogP contribution in [0.3, 0.4) is 0 Å². The van der Waals surface area contributed by atoms with Crippen molar-refractivity contribution in [3.63, 3.8) is 0 Å². The van der Waals surface area contributed by atoms with Crippen molar-refractivity contribution in [3.05, 3.63) is 28.8 Å². The number of phenolic OH excluding ortho intramolecular Hbond substituents is 1. The topological polar surface area (TPSA) is 40.5 Å². The maximum Gasteiger partial charge on any atom is 0.123 e. The second kappa shape index (κ2) is 9.62. The second-order valence-corrected chi connectivity index (χ2v) is 8.88. The summed E-state index contributed by atoms with van der Waals surface area (Å²) in [5.74, 6) is 0.445. The summed E-state index contributed by atoms with van der Waals surface area (Å²) in [7, 11) is 0. The molecule has 0 amide bonds. The molecule has 0 aliphatic rings. The Bertz CT molecular complexity index is 486. The fourth-order valence-electron chi connectivity index (χ4n) is 3.72. The van der Waals surface area contributed by atoms with E-state index >= 15 is 0 Å². The van der Waals surface area contributed by atoms with E-state index in [2.05, 4.69) is 41.5 Å². The molecule has 0 bridgehead atoms. The Hall–Kier alpha value is -1.02. The van der Waals surface area contributed by atoms with E-state index < -0.39 is 0 Å². The van der Waals surface area contributed by atoms with Crippen LogP contribution in [0, 0.1) is 0 Å². The van der Waals surface area contributed by atoms with E-state index in [0.717, 1.165) is 29.5 Å². The first-order valence-corrected chi connectivity index (χ1v) is 10.2. The zero-order valence-corrected chi connectivity index (χ0v) is 17.4. The molecule has 0 saturated heterocycles. The summed E-state index contributed by atoms with van der Waals surface area (Å²) < 4.78 is 0. The van der Waals surface area contributed by atoms with Crippen molar-refractivity contribution in [2.75, 3.05) is 0 Å². The predicted octanol–water partition coefficient (Wildman–Crippen LogP) is 6.60. The third-order valence-corrected chi connectivity index (χ3v) is 5.62. The number of unbranched alkanes of at least 4 members (excludes halogenated alkanes) is 4. The van der Waals surface area contributed by atoms with Gasteiger partial charge >= 0.3 is 0 Å². The number of aliphatic hydroxyl groups is 1. The van der Waals surface area contributed by atoms with Crippen LogP contribution in [0.5, 0.6) is 5.75 Å². The molecule has 2 nitrogen and oxygen atoms in total. The molecule has 0 spiro atoms. The van der Waals surface area contributed by atoms with Gasteiger partial charge in [0.05, 0.1) is 6.61 Å². The number of phenols is 1. The molecule has 0 aromatic heterocycles. The number of benzene rings is 1. The molecule has 0 fully saturated rings. The monoisotopic (exact) mass is 348 g/mol. The zero-order chi connectivity index (χ0) is 19.1. The van der Waals surface area contributed by atoms with Crippen LogP contribution in [-0.4, -0.2) is 10.2 Å². The number of hydrogen-bond acceptors (Lipinski definition) is 2. The highest BCUT2D eigenvalue weighted by molar-refractivity contribution is 5.50. The molecular formula is C23H40O2. The van der Waals surface area contributed by atoms with Crippen LogP contribution < -0.4 is 0 Å². The van der Waals surface area contributed by atoms with Gasteiger partial charge in [-0.25, -0.2) is 0 Å². The van der Waals surface area contributed by atoms with Crippen LogP contribution in [0.2, 0.25) is 0 Å². The Kier molecular flexibility index (Phi) is 8.47. The molecule has 1 aromatic carbocycles. The zero-order valence-electron chi connectivity index (χ0n) is 17.4. The van der Waals surface area contributed by atoms with Crippen LogP contribution in [-0.2, 0) is 17.4 Å². The lowest BCUT2D eigenvalue weighted by atomic mass is 9.73. The number of hydrogen-bond donors (Lipinski definition) is 2. The van der Waals surface area contributed by atoms with E-state index in [0.29, 0.717) is 5.75 Å². The number of aliphatic hydroxyl groups excluding tert-OH is 1. The summed E-state index contributed by atoms with van der Waals surface area (Å²) in [5, 5.41) is 20.9. The van der Waals surface area contributed by atoms with E-state index in [9.17, 15) is 10.2 Å². The summed E-state index contributed by atoms with van der Waals surface area (Å²) in [4.78, 5) is 0. The van der Waals surface area contributed by atoms with Crippen LogP contribution in [0.15, 0.2) is 12.1 Å². The molecule has 144 valence electrons. The number of aromatic hydroxyl groups is 1. The minimum absolute atomic E-state index is 0.0242. The summed E-state index contributed by atoms with van der Waals surface area (Å²) in [6.07, 6.45) is 9.29. The molecule has 0 aliphatic carbocycles. The normalized spacial score (nSPS) is 12.6. The lowest BCUT2D eigenvalue weighted by molar-refractivity contribution is 0.280. The van der Waals surface area contributed by atoms with Gasteiger partial charge in [-0.05, 0) is 41.4 Å². The van der Waals surface area contributed by atoms with Crippen LogP contribution in [0.4, 0.5) is 0 Å². The Balaban J connectivity index is 3.23. The van der Waals surface area contributed by atoms with Crippen molar-refractivity contribution in [1.29, 1.82) is 0 Å². The van der Waals surface area contributed by atoms with Crippen molar-refractivity contribution in [2.45, 2.75) is 110 Å². The highest BCUT2D eigenvalue weighted by Crippen LogP contribution is 2.43. The first-order valence-electron chi connectivity index (χ1n) is 10.2. The lowest BCUT2D eigenvalue weighted by Gasteiger charge is -2.32. The van der Waals surface area contributed by atoms with E-state index in [1.807, 2.05) is 12.1 Å². The molecular weight excluding hydrogens is 308 g/mol. The molecule has 1 rings (SSSR count). The largest absolute Gasteiger partial charge is 0.507 e. The second-order valence-electron chi connectivity index (χ2n) is 8.88. The molecule has 0 aliphatic heterocycles. The van der Waals surface area contributed by atoms with Crippen molar-refractivity contribution in [1.82, 2.24) is 0 Å². The van der Waals surface area contributed by atoms with Gasteiger partial charge in [0, 0.05) is 11.1 Å². The molecule has 0 heterocycles. The van der Waals surface area contributed by atoms with Gasteiger partial charge < -0.3 is 10.2 Å². The third-order valence-electron chi connectivity index (χ3n) is 5.62. The molecule has 0 saturated carbocycles.